The summed E-state index contributed by atoms with van der Waals surface area (Å²) >= 11 is 0. The first-order valence-electron chi connectivity index (χ1n) is 5.90. The maximum atomic E-state index is 3.72. The molecule has 0 saturated heterocycles. The minimum absolute atomic E-state index is 1.01. The number of benzene rings is 1. The van der Waals surface area contributed by atoms with Crippen LogP contribution < -0.4 is 4.90 Å². The van der Waals surface area contributed by atoms with Gasteiger partial charge in [0.1, 0.15) is 0 Å². The summed E-state index contributed by atoms with van der Waals surface area (Å²) in [6.07, 6.45) is 4.89. The number of nitrogens with zero attached hydrogens (tertiary/aromatic N) is 1. The summed E-state index contributed by atoms with van der Waals surface area (Å²) in [5.41, 5.74) is 2.48. The van der Waals surface area contributed by atoms with E-state index in [9.17, 15) is 0 Å². The largest absolute Gasteiger partial charge is 0.348 e. The number of hydrogen-bond donors (Lipinski definition) is 0. The van der Waals surface area contributed by atoms with E-state index in [1.165, 1.54) is 11.4 Å². The quantitative estimate of drug-likeness (QED) is 0.665. The van der Waals surface area contributed by atoms with Gasteiger partial charge in [-0.3, -0.25) is 0 Å². The standard InChI is InChI=1S/C13H17N.C2H6/c1-4-9-12(5-2)14(3)13-10-7-6-8-11-13;1-2/h4,6-11H,1,5H2,2-3H3;1-2H3/b12-9+;. The zero-order chi connectivity index (χ0) is 12.4. The van der Waals surface area contributed by atoms with Gasteiger partial charge in [-0.25, -0.2) is 0 Å². The summed E-state index contributed by atoms with van der Waals surface area (Å²) in [6.45, 7) is 9.87. The van der Waals surface area contributed by atoms with Crippen LogP contribution in [0.5, 0.6) is 0 Å². The zero-order valence-corrected chi connectivity index (χ0v) is 10.9. The monoisotopic (exact) mass is 217 g/mol. The highest BCUT2D eigenvalue weighted by molar-refractivity contribution is 5.51. The molecule has 1 heteroatoms. The molecule has 0 aliphatic heterocycles. The van der Waals surface area contributed by atoms with Gasteiger partial charge in [0.25, 0.3) is 0 Å². The third kappa shape index (κ3) is 4.35. The van der Waals surface area contributed by atoms with E-state index in [0.717, 1.165) is 6.42 Å². The molecule has 0 unspecified atom stereocenters. The molecule has 0 aliphatic carbocycles. The fourth-order valence-electron chi connectivity index (χ4n) is 1.42. The van der Waals surface area contributed by atoms with Crippen molar-refractivity contribution in [3.63, 3.8) is 0 Å². The van der Waals surface area contributed by atoms with Crippen molar-refractivity contribution < 1.29 is 0 Å². The van der Waals surface area contributed by atoms with E-state index in [2.05, 4.69) is 37.6 Å². The molecule has 88 valence electrons. The van der Waals surface area contributed by atoms with Gasteiger partial charge < -0.3 is 4.90 Å². The Bertz CT molecular complexity index is 311. The van der Waals surface area contributed by atoms with Crippen molar-refractivity contribution in [3.8, 4) is 0 Å². The number of rotatable bonds is 4. The second kappa shape index (κ2) is 8.78. The van der Waals surface area contributed by atoms with Gasteiger partial charge in [0, 0.05) is 18.4 Å². The lowest BCUT2D eigenvalue weighted by Crippen LogP contribution is -2.15. The molecule has 0 atom stereocenters. The van der Waals surface area contributed by atoms with Crippen LogP contribution in [0.15, 0.2) is 54.8 Å². The van der Waals surface area contributed by atoms with Crippen LogP contribution in [0.2, 0.25) is 0 Å². The Balaban J connectivity index is 0.00000106. The Morgan fingerprint density at radius 1 is 1.25 bits per heavy atom. The normalized spacial score (nSPS) is 10.1. The number of allylic oxidation sites excluding steroid dienone is 3. The van der Waals surface area contributed by atoms with Gasteiger partial charge in [-0.2, -0.15) is 0 Å². The summed E-state index contributed by atoms with van der Waals surface area (Å²) in [7, 11) is 2.08. The highest BCUT2D eigenvalue weighted by atomic mass is 15.1. The minimum atomic E-state index is 1.01. The fourth-order valence-corrected chi connectivity index (χ4v) is 1.42. The summed E-state index contributed by atoms with van der Waals surface area (Å²) in [5.74, 6) is 0. The molecule has 0 aliphatic rings. The molecule has 1 rings (SSSR count). The summed E-state index contributed by atoms with van der Waals surface area (Å²) in [5, 5.41) is 0. The van der Waals surface area contributed by atoms with Gasteiger partial charge in [0.2, 0.25) is 0 Å². The van der Waals surface area contributed by atoms with E-state index in [4.69, 9.17) is 0 Å². The maximum Gasteiger partial charge on any atom is 0.0405 e. The van der Waals surface area contributed by atoms with Crippen LogP contribution in [-0.2, 0) is 0 Å². The lowest BCUT2D eigenvalue weighted by Gasteiger charge is -2.21. The molecule has 0 spiro atoms. The Hall–Kier alpha value is -1.50. The van der Waals surface area contributed by atoms with Gasteiger partial charge in [-0.1, -0.05) is 51.6 Å². The Labute approximate surface area is 100 Å². The van der Waals surface area contributed by atoms with Crippen LogP contribution in [0.3, 0.4) is 0 Å². The maximum absolute atomic E-state index is 3.72. The lowest BCUT2D eigenvalue weighted by molar-refractivity contribution is 0.977. The Kier molecular flexibility index (Phi) is 7.96. The van der Waals surface area contributed by atoms with Crippen molar-refractivity contribution in [1.82, 2.24) is 0 Å². The second-order valence-corrected chi connectivity index (χ2v) is 3.14. The average molecular weight is 217 g/mol. The first-order chi connectivity index (χ1) is 7.79. The number of anilines is 1. The minimum Gasteiger partial charge on any atom is -0.348 e. The molecule has 0 heterocycles. The molecule has 0 radical (unpaired) electrons. The van der Waals surface area contributed by atoms with Crippen LogP contribution in [0.1, 0.15) is 27.2 Å². The summed E-state index contributed by atoms with van der Waals surface area (Å²) in [6, 6.07) is 10.3. The van der Waals surface area contributed by atoms with E-state index in [1.54, 1.807) is 0 Å². The van der Waals surface area contributed by atoms with E-state index in [1.807, 2.05) is 44.2 Å². The predicted molar refractivity (Wildman–Crippen MR) is 74.8 cm³/mol. The average Bonchev–Trinajstić information content (AvgIpc) is 2.38. The molecule has 0 saturated carbocycles. The van der Waals surface area contributed by atoms with Crippen molar-refractivity contribution in [1.29, 1.82) is 0 Å². The van der Waals surface area contributed by atoms with Crippen LogP contribution >= 0.6 is 0 Å². The van der Waals surface area contributed by atoms with Crippen LogP contribution in [-0.4, -0.2) is 7.05 Å². The molecule has 0 N–H and O–H groups in total. The molecule has 0 fully saturated rings. The van der Waals surface area contributed by atoms with E-state index in [-0.39, 0.29) is 0 Å². The zero-order valence-electron chi connectivity index (χ0n) is 10.9. The molecule has 16 heavy (non-hydrogen) atoms. The summed E-state index contributed by atoms with van der Waals surface area (Å²) in [4.78, 5) is 2.18. The topological polar surface area (TPSA) is 3.24 Å². The van der Waals surface area contributed by atoms with Gasteiger partial charge in [-0.15, -0.1) is 0 Å². The first kappa shape index (κ1) is 14.5. The second-order valence-electron chi connectivity index (χ2n) is 3.14. The molecule has 1 aromatic rings. The Morgan fingerprint density at radius 3 is 2.25 bits per heavy atom. The van der Waals surface area contributed by atoms with Gasteiger partial charge in [0.05, 0.1) is 0 Å². The van der Waals surface area contributed by atoms with Crippen LogP contribution in [0, 0.1) is 0 Å². The first-order valence-corrected chi connectivity index (χ1v) is 5.90. The van der Waals surface area contributed by atoms with Gasteiger partial charge >= 0.3 is 0 Å². The van der Waals surface area contributed by atoms with E-state index in [0.29, 0.717) is 0 Å². The van der Waals surface area contributed by atoms with Crippen molar-refractivity contribution in [3.05, 3.63) is 54.8 Å². The van der Waals surface area contributed by atoms with Crippen LogP contribution in [0.25, 0.3) is 0 Å². The van der Waals surface area contributed by atoms with E-state index < -0.39 is 0 Å². The van der Waals surface area contributed by atoms with Crippen molar-refractivity contribution in [2.75, 3.05) is 11.9 Å². The fraction of sp³-hybridized carbons (Fsp3) is 0.333. The Morgan fingerprint density at radius 2 is 1.81 bits per heavy atom. The molecular weight excluding hydrogens is 194 g/mol. The predicted octanol–water partition coefficient (Wildman–Crippen LogP) is 4.63. The molecule has 0 amide bonds. The third-order valence-corrected chi connectivity index (χ3v) is 2.25. The van der Waals surface area contributed by atoms with Crippen molar-refractivity contribution in [2.24, 2.45) is 0 Å². The van der Waals surface area contributed by atoms with Gasteiger partial charge in [-0.05, 0) is 24.6 Å². The van der Waals surface area contributed by atoms with Crippen molar-refractivity contribution >= 4 is 5.69 Å². The third-order valence-electron chi connectivity index (χ3n) is 2.25. The smallest absolute Gasteiger partial charge is 0.0405 e. The lowest BCUT2D eigenvalue weighted by atomic mass is 10.2. The van der Waals surface area contributed by atoms with Gasteiger partial charge in [0.15, 0.2) is 0 Å². The van der Waals surface area contributed by atoms with E-state index >= 15 is 0 Å². The SMILES string of the molecule is C=C/C=C(\CC)N(C)c1ccccc1.CC. The molecule has 1 nitrogen and oxygen atoms in total. The molecular formula is C15H23N. The van der Waals surface area contributed by atoms with Crippen LogP contribution in [0.4, 0.5) is 5.69 Å². The molecule has 1 aromatic carbocycles. The molecule has 0 aromatic heterocycles. The highest BCUT2D eigenvalue weighted by Crippen LogP contribution is 2.18. The summed E-state index contributed by atoms with van der Waals surface area (Å²) < 4.78 is 0. The molecule has 0 bridgehead atoms. The highest BCUT2D eigenvalue weighted by Gasteiger charge is 2.02. The van der Waals surface area contributed by atoms with Crippen molar-refractivity contribution in [2.45, 2.75) is 27.2 Å². The number of hydrogen-bond acceptors (Lipinski definition) is 1. The number of para-hydroxylation sites is 1.